The zero-order valence-corrected chi connectivity index (χ0v) is 17.5. The highest BCUT2D eigenvalue weighted by atomic mass is 32.1. The Morgan fingerprint density at radius 3 is 2.77 bits per heavy atom. The zero-order valence-electron chi connectivity index (χ0n) is 16.7. The molecule has 2 fully saturated rings. The van der Waals surface area contributed by atoms with E-state index in [-0.39, 0.29) is 29.7 Å². The molecule has 7 nitrogen and oxygen atoms in total. The SMILES string of the molecule is CC(=O)c1nc(-c2cccc(C#C[C@]3(O)CCN(C)C3=O)c2)sc1NC(=O)C1CC1. The van der Waals surface area contributed by atoms with Crippen molar-refractivity contribution in [2.24, 2.45) is 5.92 Å². The number of rotatable bonds is 4. The number of anilines is 1. The molecular weight excluding hydrogens is 402 g/mol. The van der Waals surface area contributed by atoms with Crippen LogP contribution < -0.4 is 5.32 Å². The predicted molar refractivity (Wildman–Crippen MR) is 113 cm³/mol. The molecule has 1 saturated carbocycles. The Bertz CT molecular complexity index is 1110. The fraction of sp³-hybridized carbons (Fsp3) is 0.364. The third-order valence-electron chi connectivity index (χ3n) is 5.18. The minimum absolute atomic E-state index is 0.0251. The van der Waals surface area contributed by atoms with Gasteiger partial charge in [0.15, 0.2) is 5.78 Å². The second-order valence-corrected chi connectivity index (χ2v) is 8.68. The topological polar surface area (TPSA) is 99.6 Å². The molecule has 0 unspecified atom stereocenters. The zero-order chi connectivity index (χ0) is 21.5. The van der Waals surface area contributed by atoms with Gasteiger partial charge in [0.1, 0.15) is 15.7 Å². The Balaban J connectivity index is 1.61. The summed E-state index contributed by atoms with van der Waals surface area (Å²) in [5, 5.41) is 14.3. The van der Waals surface area contributed by atoms with Gasteiger partial charge in [0.05, 0.1) is 0 Å². The summed E-state index contributed by atoms with van der Waals surface area (Å²) in [5.41, 5.74) is -0.0579. The van der Waals surface area contributed by atoms with Crippen LogP contribution in [0.2, 0.25) is 0 Å². The van der Waals surface area contributed by atoms with Gasteiger partial charge in [-0.2, -0.15) is 0 Å². The molecule has 0 radical (unpaired) electrons. The summed E-state index contributed by atoms with van der Waals surface area (Å²) in [6.45, 7) is 1.89. The van der Waals surface area contributed by atoms with Crippen molar-refractivity contribution in [3.8, 4) is 22.4 Å². The van der Waals surface area contributed by atoms with Gasteiger partial charge in [-0.3, -0.25) is 14.4 Å². The number of likely N-dealkylation sites (tertiary alicyclic amines) is 1. The summed E-state index contributed by atoms with van der Waals surface area (Å²) in [5.74, 6) is 4.92. The first-order valence-electron chi connectivity index (χ1n) is 9.71. The van der Waals surface area contributed by atoms with Crippen molar-refractivity contribution in [2.75, 3.05) is 18.9 Å². The average molecular weight is 423 g/mol. The van der Waals surface area contributed by atoms with Crippen LogP contribution in [-0.4, -0.2) is 51.8 Å². The lowest BCUT2D eigenvalue weighted by Gasteiger charge is -2.13. The molecule has 1 aliphatic heterocycles. The summed E-state index contributed by atoms with van der Waals surface area (Å²) in [6.07, 6.45) is 2.02. The van der Waals surface area contributed by atoms with Crippen molar-refractivity contribution in [3.63, 3.8) is 0 Å². The Morgan fingerprint density at radius 1 is 1.37 bits per heavy atom. The van der Waals surface area contributed by atoms with Crippen LogP contribution in [0.1, 0.15) is 42.2 Å². The summed E-state index contributed by atoms with van der Waals surface area (Å²) in [6, 6.07) is 7.19. The van der Waals surface area contributed by atoms with E-state index in [0.717, 1.165) is 18.4 Å². The van der Waals surface area contributed by atoms with Crippen LogP contribution in [0.3, 0.4) is 0 Å². The van der Waals surface area contributed by atoms with Gasteiger partial charge in [0.25, 0.3) is 5.91 Å². The largest absolute Gasteiger partial charge is 0.369 e. The number of nitrogens with zero attached hydrogens (tertiary/aromatic N) is 2. The number of hydrogen-bond acceptors (Lipinski definition) is 6. The third-order valence-corrected chi connectivity index (χ3v) is 6.20. The smallest absolute Gasteiger partial charge is 0.267 e. The maximum Gasteiger partial charge on any atom is 0.267 e. The van der Waals surface area contributed by atoms with E-state index in [2.05, 4.69) is 22.1 Å². The number of nitrogens with one attached hydrogen (secondary N) is 1. The lowest BCUT2D eigenvalue weighted by molar-refractivity contribution is -0.137. The monoisotopic (exact) mass is 423 g/mol. The number of carbonyl (C=O) groups excluding carboxylic acids is 3. The van der Waals surface area contributed by atoms with Crippen LogP contribution in [0, 0.1) is 17.8 Å². The van der Waals surface area contributed by atoms with Crippen LogP contribution >= 0.6 is 11.3 Å². The molecule has 0 bridgehead atoms. The van der Waals surface area contributed by atoms with E-state index < -0.39 is 11.5 Å². The fourth-order valence-electron chi connectivity index (χ4n) is 3.20. The lowest BCUT2D eigenvalue weighted by atomic mass is 10.0. The van der Waals surface area contributed by atoms with E-state index >= 15 is 0 Å². The van der Waals surface area contributed by atoms with Crippen LogP contribution in [0.5, 0.6) is 0 Å². The number of likely N-dealkylation sites (N-methyl/N-ethyl adjacent to an activating group) is 1. The number of aliphatic hydroxyl groups is 1. The second kappa shape index (κ2) is 7.67. The molecule has 8 heteroatoms. The molecule has 1 aliphatic carbocycles. The molecule has 154 valence electrons. The number of Topliss-reactive ketones (excluding diaryl/α,β-unsaturated/α-hetero) is 1. The van der Waals surface area contributed by atoms with Gasteiger partial charge in [0, 0.05) is 44.0 Å². The molecule has 2 aliphatic rings. The van der Waals surface area contributed by atoms with E-state index in [9.17, 15) is 19.5 Å². The van der Waals surface area contributed by atoms with Crippen molar-refractivity contribution < 1.29 is 19.5 Å². The van der Waals surface area contributed by atoms with E-state index in [1.54, 1.807) is 25.2 Å². The molecule has 2 N–H and O–H groups in total. The summed E-state index contributed by atoms with van der Waals surface area (Å²) in [7, 11) is 1.64. The van der Waals surface area contributed by atoms with Gasteiger partial charge >= 0.3 is 0 Å². The Morgan fingerprint density at radius 2 is 2.13 bits per heavy atom. The first kappa shape index (κ1) is 20.3. The van der Waals surface area contributed by atoms with E-state index in [1.807, 2.05) is 6.07 Å². The molecule has 1 saturated heterocycles. The first-order chi connectivity index (χ1) is 14.3. The molecule has 2 aromatic rings. The normalized spacial score (nSPS) is 20.6. The predicted octanol–water partition coefficient (Wildman–Crippen LogP) is 2.31. The van der Waals surface area contributed by atoms with Gasteiger partial charge in [-0.05, 0) is 25.0 Å². The molecule has 2 heterocycles. The van der Waals surface area contributed by atoms with Crippen molar-refractivity contribution in [3.05, 3.63) is 35.5 Å². The summed E-state index contributed by atoms with van der Waals surface area (Å²) >= 11 is 1.24. The van der Waals surface area contributed by atoms with E-state index in [4.69, 9.17) is 0 Å². The standard InChI is InChI=1S/C22H21N3O4S/c1-13(26)17-20(24-18(27)15-6-7-15)30-19(23-17)16-5-3-4-14(12-16)8-9-22(29)10-11-25(2)21(22)28/h3-5,12,15,29H,6-7,10-11H2,1-2H3,(H,24,27)/t22-/m0/s1. The van der Waals surface area contributed by atoms with Gasteiger partial charge < -0.3 is 15.3 Å². The van der Waals surface area contributed by atoms with Crippen molar-refractivity contribution in [1.82, 2.24) is 9.88 Å². The maximum atomic E-state index is 12.1. The number of amides is 2. The van der Waals surface area contributed by atoms with Crippen molar-refractivity contribution >= 4 is 33.9 Å². The number of hydrogen-bond donors (Lipinski definition) is 2. The minimum Gasteiger partial charge on any atom is -0.369 e. The molecule has 30 heavy (non-hydrogen) atoms. The van der Waals surface area contributed by atoms with Gasteiger partial charge in [0.2, 0.25) is 11.5 Å². The molecular formula is C22H21N3O4S. The maximum absolute atomic E-state index is 12.1. The van der Waals surface area contributed by atoms with Gasteiger partial charge in [-0.1, -0.05) is 35.3 Å². The highest BCUT2D eigenvalue weighted by molar-refractivity contribution is 7.19. The highest BCUT2D eigenvalue weighted by Gasteiger charge is 2.42. The van der Waals surface area contributed by atoms with Gasteiger partial charge in [-0.25, -0.2) is 4.98 Å². The average Bonchev–Trinajstić information content (AvgIpc) is 3.45. The summed E-state index contributed by atoms with van der Waals surface area (Å²) < 4.78 is 0. The van der Waals surface area contributed by atoms with E-state index in [0.29, 0.717) is 22.1 Å². The Labute approximate surface area is 178 Å². The molecule has 0 spiro atoms. The van der Waals surface area contributed by atoms with Crippen LogP contribution in [0.15, 0.2) is 24.3 Å². The molecule has 1 atom stereocenters. The number of thiazole rings is 1. The summed E-state index contributed by atoms with van der Waals surface area (Å²) in [4.78, 5) is 42.1. The number of carbonyl (C=O) groups is 3. The second-order valence-electron chi connectivity index (χ2n) is 7.68. The highest BCUT2D eigenvalue weighted by Crippen LogP contribution is 2.36. The number of ketones is 1. The third kappa shape index (κ3) is 3.99. The molecule has 2 amide bonds. The van der Waals surface area contributed by atoms with Gasteiger partial charge in [-0.15, -0.1) is 0 Å². The molecule has 1 aromatic carbocycles. The van der Waals surface area contributed by atoms with Crippen molar-refractivity contribution in [2.45, 2.75) is 31.8 Å². The molecule has 1 aromatic heterocycles. The fourth-order valence-corrected chi connectivity index (χ4v) is 4.21. The van der Waals surface area contributed by atoms with Crippen LogP contribution in [0.4, 0.5) is 5.00 Å². The van der Waals surface area contributed by atoms with Crippen LogP contribution in [-0.2, 0) is 9.59 Å². The quantitative estimate of drug-likeness (QED) is 0.581. The number of aromatic nitrogens is 1. The van der Waals surface area contributed by atoms with E-state index in [1.165, 1.54) is 23.2 Å². The van der Waals surface area contributed by atoms with Crippen LogP contribution in [0.25, 0.3) is 10.6 Å². The minimum atomic E-state index is -1.66. The van der Waals surface area contributed by atoms with Crippen molar-refractivity contribution in [1.29, 1.82) is 0 Å². The number of benzene rings is 1. The Kier molecular flexibility index (Phi) is 5.18. The Hall–Kier alpha value is -3.02. The first-order valence-corrected chi connectivity index (χ1v) is 10.5. The molecule has 4 rings (SSSR count). The lowest BCUT2D eigenvalue weighted by Crippen LogP contribution is -2.37.